The van der Waals surface area contributed by atoms with E-state index in [1.54, 1.807) is 25.6 Å². The highest BCUT2D eigenvalue weighted by Crippen LogP contribution is 2.30. The number of benzene rings is 1. The molecule has 0 atom stereocenters. The Bertz CT molecular complexity index is 500. The molecule has 5 heteroatoms. The van der Waals surface area contributed by atoms with E-state index in [2.05, 4.69) is 10.3 Å². The molecule has 0 saturated carbocycles. The molecule has 0 amide bonds. The number of hydrogen-bond acceptors (Lipinski definition) is 5. The van der Waals surface area contributed by atoms with Gasteiger partial charge in [-0.2, -0.15) is 0 Å². The maximum atomic E-state index is 5.40. The minimum Gasteiger partial charge on any atom is -0.493 e. The number of ether oxygens (including phenoxy) is 2. The highest BCUT2D eigenvalue weighted by atomic mass is 32.1. The lowest BCUT2D eigenvalue weighted by Gasteiger charge is -2.12. The molecule has 0 bridgehead atoms. The summed E-state index contributed by atoms with van der Waals surface area (Å²) in [7, 11) is 3.31. The number of aromatic nitrogens is 1. The smallest absolute Gasteiger partial charge is 0.165 e. The molecule has 0 fully saturated rings. The molecule has 2 aromatic rings. The van der Waals surface area contributed by atoms with Crippen molar-refractivity contribution in [1.82, 2.24) is 10.3 Å². The van der Waals surface area contributed by atoms with E-state index in [0.29, 0.717) is 0 Å². The van der Waals surface area contributed by atoms with Gasteiger partial charge in [-0.3, -0.25) is 0 Å². The molecular formula is C14H18N2O2S. The van der Waals surface area contributed by atoms with Crippen LogP contribution in [0, 0.1) is 0 Å². The number of hydrogen-bond donors (Lipinski definition) is 1. The topological polar surface area (TPSA) is 43.4 Å². The van der Waals surface area contributed by atoms with Gasteiger partial charge in [-0.1, -0.05) is 12.1 Å². The molecule has 0 aliphatic carbocycles. The first-order chi connectivity index (χ1) is 9.35. The van der Waals surface area contributed by atoms with Gasteiger partial charge in [-0.25, -0.2) is 4.98 Å². The number of methoxy groups -OCH3 is 2. The first-order valence-corrected chi connectivity index (χ1v) is 7.02. The van der Waals surface area contributed by atoms with Gasteiger partial charge in [0.1, 0.15) is 0 Å². The van der Waals surface area contributed by atoms with E-state index in [4.69, 9.17) is 9.47 Å². The fraction of sp³-hybridized carbons (Fsp3) is 0.357. The van der Waals surface area contributed by atoms with Crippen LogP contribution in [0.25, 0.3) is 0 Å². The Morgan fingerprint density at radius 2 is 2.16 bits per heavy atom. The van der Waals surface area contributed by atoms with E-state index >= 15 is 0 Å². The second-order valence-corrected chi connectivity index (χ2v) is 4.98. The van der Waals surface area contributed by atoms with Crippen LogP contribution >= 0.6 is 11.3 Å². The monoisotopic (exact) mass is 278 g/mol. The lowest BCUT2D eigenvalue weighted by Crippen LogP contribution is -2.17. The van der Waals surface area contributed by atoms with Gasteiger partial charge >= 0.3 is 0 Å². The molecule has 1 N–H and O–H groups in total. The third kappa shape index (κ3) is 3.68. The van der Waals surface area contributed by atoms with Gasteiger partial charge in [0.05, 0.1) is 19.2 Å². The Hall–Kier alpha value is -1.59. The molecule has 0 radical (unpaired) electrons. The molecule has 0 saturated heterocycles. The van der Waals surface area contributed by atoms with E-state index in [1.807, 2.05) is 29.8 Å². The number of para-hydroxylation sites is 1. The zero-order valence-corrected chi connectivity index (χ0v) is 12.0. The van der Waals surface area contributed by atoms with E-state index in [0.717, 1.165) is 41.6 Å². The average Bonchev–Trinajstić information content (AvgIpc) is 2.96. The van der Waals surface area contributed by atoms with Crippen molar-refractivity contribution in [1.29, 1.82) is 0 Å². The summed E-state index contributed by atoms with van der Waals surface area (Å²) in [5.74, 6) is 1.56. The van der Waals surface area contributed by atoms with E-state index in [9.17, 15) is 0 Å². The van der Waals surface area contributed by atoms with E-state index in [1.165, 1.54) is 0 Å². The summed E-state index contributed by atoms with van der Waals surface area (Å²) in [5, 5.41) is 6.56. The number of nitrogens with zero attached hydrogens (tertiary/aromatic N) is 1. The van der Waals surface area contributed by atoms with Crippen LogP contribution in [0.5, 0.6) is 11.5 Å². The lowest BCUT2D eigenvalue weighted by atomic mass is 10.2. The molecule has 0 aliphatic rings. The summed E-state index contributed by atoms with van der Waals surface area (Å²) in [4.78, 5) is 4.26. The fourth-order valence-corrected chi connectivity index (χ4v) is 2.51. The van der Waals surface area contributed by atoms with Crippen LogP contribution in [0.2, 0.25) is 0 Å². The molecule has 1 aromatic carbocycles. The van der Waals surface area contributed by atoms with Crippen molar-refractivity contribution in [3.63, 3.8) is 0 Å². The van der Waals surface area contributed by atoms with Gasteiger partial charge < -0.3 is 14.8 Å². The van der Waals surface area contributed by atoms with Crippen LogP contribution in [0.15, 0.2) is 29.8 Å². The van der Waals surface area contributed by atoms with Gasteiger partial charge in [-0.05, 0) is 6.07 Å². The Labute approximate surface area is 117 Å². The van der Waals surface area contributed by atoms with Gasteiger partial charge in [-0.15, -0.1) is 11.3 Å². The van der Waals surface area contributed by atoms with Gasteiger partial charge in [0.25, 0.3) is 0 Å². The Kier molecular flexibility index (Phi) is 5.18. The SMILES string of the molecule is COc1cccc(CNCCc2nccs2)c1OC. The predicted octanol–water partition coefficient (Wildman–Crippen LogP) is 2.49. The van der Waals surface area contributed by atoms with Crippen LogP contribution in [-0.2, 0) is 13.0 Å². The zero-order chi connectivity index (χ0) is 13.5. The molecular weight excluding hydrogens is 260 g/mol. The normalized spacial score (nSPS) is 10.4. The Balaban J connectivity index is 1.88. The number of rotatable bonds is 7. The average molecular weight is 278 g/mol. The van der Waals surface area contributed by atoms with Crippen molar-refractivity contribution < 1.29 is 9.47 Å². The first kappa shape index (κ1) is 13.8. The minimum atomic E-state index is 0.756. The molecule has 1 aromatic heterocycles. The second-order valence-electron chi connectivity index (χ2n) is 4.01. The van der Waals surface area contributed by atoms with Gasteiger partial charge in [0, 0.05) is 36.7 Å². The van der Waals surface area contributed by atoms with Crippen LogP contribution in [0.1, 0.15) is 10.6 Å². The lowest BCUT2D eigenvalue weighted by molar-refractivity contribution is 0.350. The van der Waals surface area contributed by atoms with Crippen molar-refractivity contribution >= 4 is 11.3 Å². The molecule has 19 heavy (non-hydrogen) atoms. The summed E-state index contributed by atoms with van der Waals surface area (Å²) in [6, 6.07) is 5.91. The maximum absolute atomic E-state index is 5.40. The quantitative estimate of drug-likeness (QED) is 0.790. The molecule has 0 spiro atoms. The summed E-state index contributed by atoms with van der Waals surface area (Å²) in [5.41, 5.74) is 1.10. The van der Waals surface area contributed by atoms with Crippen LogP contribution in [-0.4, -0.2) is 25.7 Å². The van der Waals surface area contributed by atoms with Crippen molar-refractivity contribution in [2.24, 2.45) is 0 Å². The van der Waals surface area contributed by atoms with Crippen molar-refractivity contribution in [2.75, 3.05) is 20.8 Å². The number of nitrogens with one attached hydrogen (secondary N) is 1. The molecule has 0 unspecified atom stereocenters. The molecule has 102 valence electrons. The third-order valence-electron chi connectivity index (χ3n) is 2.80. The highest BCUT2D eigenvalue weighted by molar-refractivity contribution is 7.09. The van der Waals surface area contributed by atoms with E-state index < -0.39 is 0 Å². The van der Waals surface area contributed by atoms with Gasteiger partial charge in [0.2, 0.25) is 0 Å². The van der Waals surface area contributed by atoms with Crippen molar-refractivity contribution in [2.45, 2.75) is 13.0 Å². The summed E-state index contributed by atoms with van der Waals surface area (Å²) in [6.45, 7) is 1.65. The number of thiazole rings is 1. The minimum absolute atomic E-state index is 0.756. The van der Waals surface area contributed by atoms with Gasteiger partial charge in [0.15, 0.2) is 11.5 Å². The first-order valence-electron chi connectivity index (χ1n) is 6.14. The highest BCUT2D eigenvalue weighted by Gasteiger charge is 2.08. The van der Waals surface area contributed by atoms with Crippen molar-refractivity contribution in [3.8, 4) is 11.5 Å². The van der Waals surface area contributed by atoms with Crippen LogP contribution in [0.4, 0.5) is 0 Å². The Morgan fingerprint density at radius 3 is 2.84 bits per heavy atom. The molecule has 2 rings (SSSR count). The zero-order valence-electron chi connectivity index (χ0n) is 11.2. The summed E-state index contributed by atoms with van der Waals surface area (Å²) in [6.07, 6.45) is 2.79. The largest absolute Gasteiger partial charge is 0.493 e. The van der Waals surface area contributed by atoms with Crippen LogP contribution in [0.3, 0.4) is 0 Å². The fourth-order valence-electron chi connectivity index (χ4n) is 1.89. The third-order valence-corrected chi connectivity index (χ3v) is 3.64. The van der Waals surface area contributed by atoms with Crippen LogP contribution < -0.4 is 14.8 Å². The predicted molar refractivity (Wildman–Crippen MR) is 77.1 cm³/mol. The summed E-state index contributed by atoms with van der Waals surface area (Å²) >= 11 is 1.69. The molecule has 0 aliphatic heterocycles. The molecule has 4 nitrogen and oxygen atoms in total. The Morgan fingerprint density at radius 1 is 1.26 bits per heavy atom. The molecule has 1 heterocycles. The summed E-state index contributed by atoms with van der Waals surface area (Å²) < 4.78 is 10.7. The maximum Gasteiger partial charge on any atom is 0.165 e. The van der Waals surface area contributed by atoms with E-state index in [-0.39, 0.29) is 0 Å². The second kappa shape index (κ2) is 7.11. The van der Waals surface area contributed by atoms with Crippen molar-refractivity contribution in [3.05, 3.63) is 40.3 Å². The standard InChI is InChI=1S/C14H18N2O2S/c1-17-12-5-3-4-11(14(12)18-2)10-15-7-6-13-16-8-9-19-13/h3-5,8-9,15H,6-7,10H2,1-2H3.